The third-order valence-corrected chi connectivity index (χ3v) is 12.7. The molecule has 0 aliphatic carbocycles. The van der Waals surface area contributed by atoms with Crippen molar-refractivity contribution in [3.05, 3.63) is 0 Å². The minimum Gasteiger partial charge on any atom is -0.436 e. The Hall–Kier alpha value is 1.40. The molecule has 0 aromatic carbocycles. The summed E-state index contributed by atoms with van der Waals surface area (Å²) in [6, 6.07) is 0. The van der Waals surface area contributed by atoms with Crippen LogP contribution < -0.4 is 0 Å². The van der Waals surface area contributed by atoms with Crippen molar-refractivity contribution < 1.29 is 37.8 Å². The van der Waals surface area contributed by atoms with Crippen molar-refractivity contribution in [2.24, 2.45) is 0 Å². The van der Waals surface area contributed by atoms with Gasteiger partial charge in [-0.3, -0.25) is 0 Å². The number of hydrogen-bond donors (Lipinski definition) is 0. The van der Waals surface area contributed by atoms with Crippen molar-refractivity contribution >= 4 is 34.7 Å². The van der Waals surface area contributed by atoms with E-state index in [1.165, 1.54) is 0 Å². The molecule has 0 aliphatic rings. The summed E-state index contributed by atoms with van der Waals surface area (Å²) in [5, 5.41) is 0. The molecule has 0 aromatic rings. The predicted octanol–water partition coefficient (Wildman–Crippen LogP) is 3.43. The molecule has 0 fully saturated rings. The first kappa shape index (κ1) is 22.7. The van der Waals surface area contributed by atoms with Crippen molar-refractivity contribution in [1.82, 2.24) is 0 Å². The van der Waals surface area contributed by atoms with Crippen molar-refractivity contribution in [3.8, 4) is 0 Å². The molecule has 0 aromatic heterocycles. The first-order valence-corrected chi connectivity index (χ1v) is 17.3. The fourth-order valence-electron chi connectivity index (χ4n) is 1.61. The Morgan fingerprint density at radius 1 is 0.842 bits per heavy atom. The van der Waals surface area contributed by atoms with Gasteiger partial charge in [-0.1, -0.05) is 0 Å². The van der Waals surface area contributed by atoms with Crippen molar-refractivity contribution in [3.63, 3.8) is 0 Å². The Labute approximate surface area is 138 Å². The van der Waals surface area contributed by atoms with Crippen LogP contribution in [0.15, 0.2) is 0 Å². The zero-order chi connectivity index (χ0) is 14.6. The van der Waals surface area contributed by atoms with E-state index in [9.17, 15) is 0 Å². The Morgan fingerprint density at radius 3 is 1.63 bits per heavy atom. The quantitative estimate of drug-likeness (QED) is 0.470. The summed E-state index contributed by atoms with van der Waals surface area (Å²) < 4.78 is 24.0. The standard InChI is InChI=1S/C10H29O4Si4.W/c1-10-11-18(9,14-17(6,7)8)13-15(2)12-16(3,4)5;/h10H2,1-9H3;. The van der Waals surface area contributed by atoms with Crippen LogP contribution in [0.1, 0.15) is 6.92 Å². The fraction of sp³-hybridized carbons (Fsp3) is 1.00. The molecular formula is C10H29O4Si4W. The summed E-state index contributed by atoms with van der Waals surface area (Å²) in [6.45, 7) is 19.6. The second-order valence-electron chi connectivity index (χ2n) is 6.32. The normalized spacial score (nSPS) is 16.1. The summed E-state index contributed by atoms with van der Waals surface area (Å²) in [6.07, 6.45) is 0. The summed E-state index contributed by atoms with van der Waals surface area (Å²) >= 11 is 0. The molecule has 0 amide bonds. The molecule has 1 unspecified atom stereocenters. The molecule has 0 spiro atoms. The Morgan fingerprint density at radius 2 is 1.32 bits per heavy atom. The molecule has 0 bridgehead atoms. The van der Waals surface area contributed by atoms with Gasteiger partial charge in [0.1, 0.15) is 0 Å². The summed E-state index contributed by atoms with van der Waals surface area (Å²) in [5.74, 6) is 0. The van der Waals surface area contributed by atoms with Crippen LogP contribution in [-0.4, -0.2) is 41.3 Å². The van der Waals surface area contributed by atoms with Crippen LogP contribution in [0.25, 0.3) is 0 Å². The molecule has 1 radical (unpaired) electrons. The van der Waals surface area contributed by atoms with Gasteiger partial charge in [-0.2, -0.15) is 0 Å². The van der Waals surface area contributed by atoms with E-state index in [1.54, 1.807) is 0 Å². The average molecular weight is 510 g/mol. The van der Waals surface area contributed by atoms with Gasteiger partial charge in [-0.25, -0.2) is 0 Å². The molecule has 1 atom stereocenters. The molecule has 0 saturated carbocycles. The van der Waals surface area contributed by atoms with E-state index in [0.717, 1.165) is 0 Å². The fourth-order valence-corrected chi connectivity index (χ4v) is 13.7. The Bertz CT molecular complexity index is 257. The molecule has 4 nitrogen and oxygen atoms in total. The Kier molecular flexibility index (Phi) is 10.4. The van der Waals surface area contributed by atoms with Crippen LogP contribution in [0.4, 0.5) is 0 Å². The zero-order valence-corrected chi connectivity index (χ0v) is 20.7. The largest absolute Gasteiger partial charge is 0.478 e. The summed E-state index contributed by atoms with van der Waals surface area (Å²) in [4.78, 5) is 0. The van der Waals surface area contributed by atoms with E-state index in [4.69, 9.17) is 16.8 Å². The Balaban J connectivity index is 0. The van der Waals surface area contributed by atoms with Gasteiger partial charge in [-0.05, 0) is 52.8 Å². The maximum Gasteiger partial charge on any atom is 0.478 e. The van der Waals surface area contributed by atoms with Gasteiger partial charge in [0.15, 0.2) is 16.6 Å². The van der Waals surface area contributed by atoms with Crippen molar-refractivity contribution in [2.75, 3.05) is 6.61 Å². The minimum absolute atomic E-state index is 0. The average Bonchev–Trinajstić information content (AvgIpc) is 1.93. The van der Waals surface area contributed by atoms with E-state index in [-0.39, 0.29) is 21.1 Å². The maximum absolute atomic E-state index is 6.15. The van der Waals surface area contributed by atoms with E-state index in [1.807, 2.05) is 20.0 Å². The molecule has 0 saturated heterocycles. The molecule has 0 aliphatic heterocycles. The first-order chi connectivity index (χ1) is 7.87. The smallest absolute Gasteiger partial charge is 0.436 e. The minimum atomic E-state index is -2.54. The first-order valence-electron chi connectivity index (χ1n) is 6.42. The van der Waals surface area contributed by atoms with Crippen molar-refractivity contribution in [1.29, 1.82) is 0 Å². The van der Waals surface area contributed by atoms with Gasteiger partial charge < -0.3 is 16.8 Å². The molecule has 115 valence electrons. The second kappa shape index (κ2) is 8.75. The van der Waals surface area contributed by atoms with Crippen LogP contribution in [0.2, 0.25) is 52.4 Å². The molecule has 0 rings (SSSR count). The monoisotopic (exact) mass is 509 g/mol. The van der Waals surface area contributed by atoms with Crippen LogP contribution in [0, 0.1) is 0 Å². The van der Waals surface area contributed by atoms with Crippen molar-refractivity contribution in [2.45, 2.75) is 59.3 Å². The van der Waals surface area contributed by atoms with E-state index < -0.39 is 34.7 Å². The maximum atomic E-state index is 6.15. The van der Waals surface area contributed by atoms with E-state index >= 15 is 0 Å². The third kappa shape index (κ3) is 12.8. The van der Waals surface area contributed by atoms with Crippen LogP contribution in [0.3, 0.4) is 0 Å². The second-order valence-corrected chi connectivity index (χ2v) is 20.2. The van der Waals surface area contributed by atoms with E-state index in [0.29, 0.717) is 6.61 Å². The van der Waals surface area contributed by atoms with Crippen LogP contribution in [-0.2, 0) is 37.8 Å². The van der Waals surface area contributed by atoms with Gasteiger partial charge in [-0.15, -0.1) is 0 Å². The third-order valence-electron chi connectivity index (χ3n) is 1.68. The van der Waals surface area contributed by atoms with Crippen LogP contribution in [0.5, 0.6) is 0 Å². The SMILES string of the molecule is CCO[Si](C)(O[Si](C)O[Si](C)(C)C)O[Si](C)(C)C.[W]. The molecule has 9 heteroatoms. The van der Waals surface area contributed by atoms with Gasteiger partial charge in [0.05, 0.1) is 0 Å². The predicted molar refractivity (Wildman–Crippen MR) is 84.8 cm³/mol. The number of rotatable bonds is 8. The van der Waals surface area contributed by atoms with Gasteiger partial charge in [0.2, 0.25) is 0 Å². The van der Waals surface area contributed by atoms with E-state index in [2.05, 4.69) is 39.3 Å². The van der Waals surface area contributed by atoms with Crippen LogP contribution >= 0.6 is 0 Å². The zero-order valence-electron chi connectivity index (χ0n) is 13.7. The van der Waals surface area contributed by atoms with Gasteiger partial charge in [0, 0.05) is 34.2 Å². The summed E-state index contributed by atoms with van der Waals surface area (Å²) in [5.41, 5.74) is 0. The molecule has 0 heterocycles. The molecule has 0 N–H and O–H groups in total. The molecule has 19 heavy (non-hydrogen) atoms. The summed E-state index contributed by atoms with van der Waals surface area (Å²) in [7, 11) is -7.08. The van der Waals surface area contributed by atoms with Gasteiger partial charge in [0.25, 0.3) is 0 Å². The number of hydrogen-bond acceptors (Lipinski definition) is 4. The molecular weight excluding hydrogens is 480 g/mol. The van der Waals surface area contributed by atoms with Gasteiger partial charge >= 0.3 is 18.1 Å². The topological polar surface area (TPSA) is 36.9 Å².